The standard InChI is InChI=1S/C14H23NO4.ClH/c1-5-8(2)14(17)13(15)12-10(16)6-9(18-3)7-11(12)19-4;/h6-8,13-14,16-17H,5,15H2,1-4H3;1H/t8?,13-,14+;/m0./s1. The average molecular weight is 306 g/mol. The van der Waals surface area contributed by atoms with Crippen LogP contribution >= 0.6 is 12.4 Å². The van der Waals surface area contributed by atoms with E-state index >= 15 is 0 Å². The van der Waals surface area contributed by atoms with E-state index in [2.05, 4.69) is 0 Å². The summed E-state index contributed by atoms with van der Waals surface area (Å²) in [5.41, 5.74) is 6.45. The molecule has 116 valence electrons. The number of aliphatic hydroxyl groups is 1. The number of aromatic hydroxyl groups is 1. The molecule has 0 fully saturated rings. The topological polar surface area (TPSA) is 84.9 Å². The first-order chi connectivity index (χ1) is 8.96. The Hall–Kier alpha value is -1.17. The molecule has 0 aliphatic rings. The average Bonchev–Trinajstić information content (AvgIpc) is 2.43. The van der Waals surface area contributed by atoms with E-state index in [1.807, 2.05) is 13.8 Å². The van der Waals surface area contributed by atoms with Crippen LogP contribution in [0.15, 0.2) is 12.1 Å². The van der Waals surface area contributed by atoms with Crippen LogP contribution in [0.4, 0.5) is 0 Å². The summed E-state index contributed by atoms with van der Waals surface area (Å²) >= 11 is 0. The van der Waals surface area contributed by atoms with Gasteiger partial charge in [-0.25, -0.2) is 0 Å². The molecule has 1 aromatic carbocycles. The van der Waals surface area contributed by atoms with E-state index in [1.165, 1.54) is 20.3 Å². The highest BCUT2D eigenvalue weighted by atomic mass is 35.5. The predicted molar refractivity (Wildman–Crippen MR) is 80.8 cm³/mol. The number of ether oxygens (including phenoxy) is 2. The molecule has 0 radical (unpaired) electrons. The maximum absolute atomic E-state index is 10.2. The van der Waals surface area contributed by atoms with Gasteiger partial charge < -0.3 is 25.4 Å². The van der Waals surface area contributed by atoms with Crippen molar-refractivity contribution in [3.63, 3.8) is 0 Å². The van der Waals surface area contributed by atoms with Crippen molar-refractivity contribution in [2.24, 2.45) is 11.7 Å². The fourth-order valence-corrected chi connectivity index (χ4v) is 1.98. The Bertz CT molecular complexity index is 428. The second-order valence-electron chi connectivity index (χ2n) is 4.66. The van der Waals surface area contributed by atoms with Gasteiger partial charge in [-0.05, 0) is 5.92 Å². The molecule has 0 amide bonds. The summed E-state index contributed by atoms with van der Waals surface area (Å²) in [4.78, 5) is 0. The molecule has 1 rings (SSSR count). The van der Waals surface area contributed by atoms with E-state index in [-0.39, 0.29) is 24.1 Å². The molecule has 1 unspecified atom stereocenters. The number of phenolic OH excluding ortho intramolecular Hbond substituents is 1. The van der Waals surface area contributed by atoms with Crippen LogP contribution in [0.2, 0.25) is 0 Å². The monoisotopic (exact) mass is 305 g/mol. The first-order valence-electron chi connectivity index (χ1n) is 6.34. The molecule has 6 heteroatoms. The third kappa shape index (κ3) is 3.91. The van der Waals surface area contributed by atoms with E-state index < -0.39 is 12.1 Å². The van der Waals surface area contributed by atoms with Gasteiger partial charge in [0.05, 0.1) is 31.9 Å². The highest BCUT2D eigenvalue weighted by molar-refractivity contribution is 5.85. The van der Waals surface area contributed by atoms with Gasteiger partial charge in [0.2, 0.25) is 0 Å². The third-order valence-corrected chi connectivity index (χ3v) is 3.48. The van der Waals surface area contributed by atoms with Gasteiger partial charge in [-0.15, -0.1) is 12.4 Å². The first kappa shape index (κ1) is 18.8. The van der Waals surface area contributed by atoms with E-state index in [1.54, 1.807) is 6.07 Å². The highest BCUT2D eigenvalue weighted by Crippen LogP contribution is 2.39. The van der Waals surface area contributed by atoms with Crippen molar-refractivity contribution >= 4 is 12.4 Å². The van der Waals surface area contributed by atoms with E-state index in [0.717, 1.165) is 6.42 Å². The van der Waals surface area contributed by atoms with E-state index in [4.69, 9.17) is 15.2 Å². The van der Waals surface area contributed by atoms with Gasteiger partial charge in [0.1, 0.15) is 17.2 Å². The van der Waals surface area contributed by atoms with E-state index in [0.29, 0.717) is 17.1 Å². The fraction of sp³-hybridized carbons (Fsp3) is 0.571. The minimum Gasteiger partial charge on any atom is -0.507 e. The van der Waals surface area contributed by atoms with Crippen molar-refractivity contribution in [3.05, 3.63) is 17.7 Å². The summed E-state index contributed by atoms with van der Waals surface area (Å²) in [7, 11) is 2.99. The summed E-state index contributed by atoms with van der Waals surface area (Å²) in [5, 5.41) is 20.2. The summed E-state index contributed by atoms with van der Waals surface area (Å²) in [6.07, 6.45) is 0.0480. The molecule has 0 aliphatic carbocycles. The maximum Gasteiger partial charge on any atom is 0.131 e. The zero-order valence-electron chi connectivity index (χ0n) is 12.3. The molecule has 3 atom stereocenters. The second-order valence-corrected chi connectivity index (χ2v) is 4.66. The van der Waals surface area contributed by atoms with Gasteiger partial charge in [0.25, 0.3) is 0 Å². The Morgan fingerprint density at radius 3 is 2.30 bits per heavy atom. The lowest BCUT2D eigenvalue weighted by molar-refractivity contribution is 0.0861. The Kier molecular flexibility index (Phi) is 7.71. The van der Waals surface area contributed by atoms with Crippen LogP contribution in [0.5, 0.6) is 17.2 Å². The first-order valence-corrected chi connectivity index (χ1v) is 6.34. The molecule has 0 heterocycles. The summed E-state index contributed by atoms with van der Waals surface area (Å²) in [6.45, 7) is 3.89. The molecular formula is C14H24ClNO4. The zero-order valence-corrected chi connectivity index (χ0v) is 13.1. The molecule has 1 aromatic rings. The number of hydrogen-bond acceptors (Lipinski definition) is 5. The zero-order chi connectivity index (χ0) is 14.6. The van der Waals surface area contributed by atoms with E-state index in [9.17, 15) is 10.2 Å². The van der Waals surface area contributed by atoms with Crippen molar-refractivity contribution in [2.75, 3.05) is 14.2 Å². The number of nitrogens with two attached hydrogens (primary N) is 1. The van der Waals surface area contributed by atoms with Crippen LogP contribution < -0.4 is 15.2 Å². The number of phenols is 1. The minimum absolute atomic E-state index is 0. The lowest BCUT2D eigenvalue weighted by Crippen LogP contribution is -2.31. The van der Waals surface area contributed by atoms with Gasteiger partial charge in [-0.2, -0.15) is 0 Å². The third-order valence-electron chi connectivity index (χ3n) is 3.48. The molecule has 0 aliphatic heterocycles. The lowest BCUT2D eigenvalue weighted by atomic mass is 9.90. The summed E-state index contributed by atoms with van der Waals surface area (Å²) < 4.78 is 10.3. The lowest BCUT2D eigenvalue weighted by Gasteiger charge is -2.26. The van der Waals surface area contributed by atoms with Gasteiger partial charge in [-0.3, -0.25) is 0 Å². The van der Waals surface area contributed by atoms with Gasteiger partial charge in [0, 0.05) is 12.1 Å². The van der Waals surface area contributed by atoms with Crippen molar-refractivity contribution in [2.45, 2.75) is 32.4 Å². The maximum atomic E-state index is 10.2. The molecule has 0 aromatic heterocycles. The molecule has 5 nitrogen and oxygen atoms in total. The number of hydrogen-bond donors (Lipinski definition) is 3. The normalized spacial score (nSPS) is 14.9. The van der Waals surface area contributed by atoms with Crippen molar-refractivity contribution < 1.29 is 19.7 Å². The molecule has 4 N–H and O–H groups in total. The number of rotatable bonds is 6. The SMILES string of the molecule is CCC(C)[C@@H](O)[C@@H](N)c1c(O)cc(OC)cc1OC.Cl. The largest absolute Gasteiger partial charge is 0.507 e. The minimum atomic E-state index is -0.752. The van der Waals surface area contributed by atoms with Crippen LogP contribution in [-0.2, 0) is 0 Å². The van der Waals surface area contributed by atoms with Gasteiger partial charge in [-0.1, -0.05) is 20.3 Å². The van der Waals surface area contributed by atoms with Crippen molar-refractivity contribution in [3.8, 4) is 17.2 Å². The Balaban J connectivity index is 0.00000361. The second kappa shape index (κ2) is 8.19. The number of methoxy groups -OCH3 is 2. The molecule has 0 saturated carbocycles. The van der Waals surface area contributed by atoms with Crippen LogP contribution in [0.25, 0.3) is 0 Å². The smallest absolute Gasteiger partial charge is 0.131 e. The van der Waals surface area contributed by atoms with Crippen LogP contribution in [0, 0.1) is 5.92 Å². The molecule has 0 bridgehead atoms. The summed E-state index contributed by atoms with van der Waals surface area (Å²) in [5.74, 6) is 0.877. The van der Waals surface area contributed by atoms with Crippen molar-refractivity contribution in [1.82, 2.24) is 0 Å². The molecule has 0 saturated heterocycles. The summed E-state index contributed by atoms with van der Waals surface area (Å²) in [6, 6.07) is 2.38. The van der Waals surface area contributed by atoms with Crippen LogP contribution in [0.3, 0.4) is 0 Å². The van der Waals surface area contributed by atoms with Crippen molar-refractivity contribution in [1.29, 1.82) is 0 Å². The molecular weight excluding hydrogens is 282 g/mol. The molecule has 0 spiro atoms. The Morgan fingerprint density at radius 1 is 1.25 bits per heavy atom. The number of benzene rings is 1. The van der Waals surface area contributed by atoms with Crippen LogP contribution in [0.1, 0.15) is 31.9 Å². The Morgan fingerprint density at radius 2 is 1.85 bits per heavy atom. The van der Waals surface area contributed by atoms with Crippen LogP contribution in [-0.4, -0.2) is 30.5 Å². The number of halogens is 1. The fourth-order valence-electron chi connectivity index (χ4n) is 1.98. The quantitative estimate of drug-likeness (QED) is 0.750. The van der Waals surface area contributed by atoms with Gasteiger partial charge in [0.15, 0.2) is 0 Å². The predicted octanol–water partition coefficient (Wildman–Crippen LogP) is 2.24. The molecule has 20 heavy (non-hydrogen) atoms. The Labute approximate surface area is 126 Å². The highest BCUT2D eigenvalue weighted by Gasteiger charge is 2.27. The van der Waals surface area contributed by atoms with Gasteiger partial charge >= 0.3 is 0 Å². The number of aliphatic hydroxyl groups excluding tert-OH is 1.